The van der Waals surface area contributed by atoms with Gasteiger partial charge in [-0.15, -0.1) is 0 Å². The quantitative estimate of drug-likeness (QED) is 0.362. The minimum atomic E-state index is -3.11. The third kappa shape index (κ3) is 5.07. The van der Waals surface area contributed by atoms with Crippen LogP contribution >= 0.6 is 0 Å². The second-order valence-electron chi connectivity index (χ2n) is 8.86. The number of nitrogens with zero attached hydrogens (tertiary/aromatic N) is 3. The van der Waals surface area contributed by atoms with Gasteiger partial charge in [0.25, 0.3) is 5.91 Å². The van der Waals surface area contributed by atoms with Crippen molar-refractivity contribution in [2.45, 2.75) is 13.0 Å². The number of H-pyrrole nitrogens is 1. The first-order valence-corrected chi connectivity index (χ1v) is 13.5. The van der Waals surface area contributed by atoms with Crippen LogP contribution in [0.2, 0.25) is 0 Å². The number of methoxy groups -OCH3 is 1. The number of rotatable bonds is 7. The van der Waals surface area contributed by atoms with Crippen molar-refractivity contribution in [2.24, 2.45) is 0 Å². The molecule has 1 saturated heterocycles. The van der Waals surface area contributed by atoms with E-state index in [1.807, 2.05) is 0 Å². The Labute approximate surface area is 212 Å². The molecule has 0 spiro atoms. The maximum Gasteiger partial charge on any atom is 0.254 e. The second-order valence-corrected chi connectivity index (χ2v) is 11.1. The predicted octanol–water partition coefficient (Wildman–Crippen LogP) is 3.31. The molecule has 12 heteroatoms. The number of carbonyl (C=O) groups is 1. The minimum Gasteiger partial charge on any atom is -0.488 e. The van der Waals surface area contributed by atoms with Crippen molar-refractivity contribution in [1.29, 1.82) is 0 Å². The summed E-state index contributed by atoms with van der Waals surface area (Å²) in [6, 6.07) is 11.0. The zero-order valence-corrected chi connectivity index (χ0v) is 21.0. The highest BCUT2D eigenvalue weighted by atomic mass is 32.2. The van der Waals surface area contributed by atoms with Crippen molar-refractivity contribution in [2.75, 3.05) is 38.4 Å². The number of amides is 1. The zero-order valence-electron chi connectivity index (χ0n) is 20.2. The lowest BCUT2D eigenvalue weighted by atomic mass is 10.1. The molecule has 2 aromatic carbocycles. The first-order valence-electron chi connectivity index (χ1n) is 11.6. The van der Waals surface area contributed by atoms with Crippen LogP contribution in [0.3, 0.4) is 0 Å². The molecule has 1 aliphatic rings. The molecular formula is C25H25FN4O6S. The summed E-state index contributed by atoms with van der Waals surface area (Å²) >= 11 is 0. The Kier molecular flexibility index (Phi) is 6.69. The van der Waals surface area contributed by atoms with Crippen LogP contribution in [-0.2, 0) is 14.6 Å². The van der Waals surface area contributed by atoms with E-state index in [1.54, 1.807) is 42.2 Å². The van der Waals surface area contributed by atoms with Gasteiger partial charge in [-0.1, -0.05) is 17.3 Å². The van der Waals surface area contributed by atoms with E-state index in [4.69, 9.17) is 14.0 Å². The normalized spacial score (nSPS) is 17.3. The number of aromatic amines is 1. The molecule has 1 unspecified atom stereocenters. The Morgan fingerprint density at radius 2 is 2.00 bits per heavy atom. The molecule has 1 amide bonds. The molecule has 4 aromatic rings. The molecule has 0 saturated carbocycles. The Morgan fingerprint density at radius 1 is 1.22 bits per heavy atom. The molecule has 3 heterocycles. The summed E-state index contributed by atoms with van der Waals surface area (Å²) in [6.07, 6.45) is 0. The van der Waals surface area contributed by atoms with E-state index in [0.29, 0.717) is 45.8 Å². The van der Waals surface area contributed by atoms with Crippen LogP contribution in [0.1, 0.15) is 17.3 Å². The number of fused-ring (bicyclic) bond motifs is 1. The first kappa shape index (κ1) is 24.9. The minimum absolute atomic E-state index is 0.0309. The van der Waals surface area contributed by atoms with Gasteiger partial charge in [0, 0.05) is 48.3 Å². The highest BCUT2D eigenvalue weighted by molar-refractivity contribution is 7.91. The van der Waals surface area contributed by atoms with E-state index in [2.05, 4.69) is 15.4 Å². The van der Waals surface area contributed by atoms with E-state index in [9.17, 15) is 17.6 Å². The van der Waals surface area contributed by atoms with E-state index in [1.165, 1.54) is 19.2 Å². The maximum atomic E-state index is 14.6. The SMILES string of the molecule is COCCOc1cc2[nH]nc(-c3cc(-c4ccc(C(=O)N5CCS(=O)(=O)CC5C)cc4)no3)c2cc1F. The lowest BCUT2D eigenvalue weighted by Gasteiger charge is -2.33. The monoisotopic (exact) mass is 528 g/mol. The number of benzene rings is 2. The number of halogens is 1. The van der Waals surface area contributed by atoms with Crippen LogP contribution in [0, 0.1) is 5.82 Å². The largest absolute Gasteiger partial charge is 0.488 e. The molecule has 0 bridgehead atoms. The molecule has 194 valence electrons. The average Bonchev–Trinajstić information content (AvgIpc) is 3.50. The molecular weight excluding hydrogens is 503 g/mol. The summed E-state index contributed by atoms with van der Waals surface area (Å²) in [6.45, 7) is 2.47. The van der Waals surface area contributed by atoms with Gasteiger partial charge >= 0.3 is 0 Å². The molecule has 0 aliphatic carbocycles. The number of ether oxygens (including phenoxy) is 2. The lowest BCUT2D eigenvalue weighted by Crippen LogP contribution is -2.49. The van der Waals surface area contributed by atoms with E-state index in [-0.39, 0.29) is 42.4 Å². The predicted molar refractivity (Wildman–Crippen MR) is 134 cm³/mol. The summed E-state index contributed by atoms with van der Waals surface area (Å²) < 4.78 is 54.0. The molecule has 1 atom stereocenters. The molecule has 1 fully saturated rings. The van der Waals surface area contributed by atoms with Crippen molar-refractivity contribution >= 4 is 26.6 Å². The molecule has 37 heavy (non-hydrogen) atoms. The van der Waals surface area contributed by atoms with Crippen molar-refractivity contribution in [1.82, 2.24) is 20.3 Å². The number of hydrogen-bond acceptors (Lipinski definition) is 8. The molecule has 5 rings (SSSR count). The van der Waals surface area contributed by atoms with Crippen LogP contribution in [0.5, 0.6) is 5.75 Å². The third-order valence-corrected chi connectivity index (χ3v) is 8.06. The zero-order chi connectivity index (χ0) is 26.2. The van der Waals surface area contributed by atoms with Crippen LogP contribution in [-0.4, -0.2) is 79.0 Å². The molecule has 1 aliphatic heterocycles. The molecule has 10 nitrogen and oxygen atoms in total. The van der Waals surface area contributed by atoms with Crippen LogP contribution < -0.4 is 4.74 Å². The molecule has 0 radical (unpaired) electrons. The van der Waals surface area contributed by atoms with Gasteiger partial charge in [0.05, 0.1) is 23.6 Å². The topological polar surface area (TPSA) is 128 Å². The smallest absolute Gasteiger partial charge is 0.254 e. The summed E-state index contributed by atoms with van der Waals surface area (Å²) in [5, 5.41) is 11.7. The Balaban J connectivity index is 1.34. The summed E-state index contributed by atoms with van der Waals surface area (Å²) in [5.74, 6) is -0.383. The Morgan fingerprint density at radius 3 is 2.73 bits per heavy atom. The van der Waals surface area contributed by atoms with Gasteiger partial charge in [0.1, 0.15) is 18.0 Å². The summed E-state index contributed by atoms with van der Waals surface area (Å²) in [4.78, 5) is 14.5. The van der Waals surface area contributed by atoms with Gasteiger partial charge in [0.15, 0.2) is 27.2 Å². The first-order chi connectivity index (χ1) is 17.8. The fourth-order valence-corrected chi connectivity index (χ4v) is 5.88. The fourth-order valence-electron chi connectivity index (χ4n) is 4.32. The summed E-state index contributed by atoms with van der Waals surface area (Å²) in [5.41, 5.74) is 2.65. The maximum absolute atomic E-state index is 14.6. The average molecular weight is 529 g/mol. The van der Waals surface area contributed by atoms with E-state index >= 15 is 0 Å². The number of nitrogens with one attached hydrogen (secondary N) is 1. The van der Waals surface area contributed by atoms with Crippen molar-refractivity contribution in [3.05, 3.63) is 53.8 Å². The van der Waals surface area contributed by atoms with Crippen LogP contribution in [0.25, 0.3) is 33.6 Å². The number of aromatic nitrogens is 3. The van der Waals surface area contributed by atoms with E-state index in [0.717, 1.165) is 0 Å². The van der Waals surface area contributed by atoms with Gasteiger partial charge in [-0.25, -0.2) is 12.8 Å². The lowest BCUT2D eigenvalue weighted by molar-refractivity contribution is 0.0712. The van der Waals surface area contributed by atoms with Crippen LogP contribution in [0.15, 0.2) is 47.0 Å². The Hall–Kier alpha value is -3.77. The van der Waals surface area contributed by atoms with Crippen LogP contribution in [0.4, 0.5) is 4.39 Å². The number of hydrogen-bond donors (Lipinski definition) is 1. The van der Waals surface area contributed by atoms with Crippen molar-refractivity contribution in [3.63, 3.8) is 0 Å². The fraction of sp³-hybridized carbons (Fsp3) is 0.320. The number of sulfone groups is 1. The molecule has 1 N–H and O–H groups in total. The Bertz CT molecular complexity index is 1550. The van der Waals surface area contributed by atoms with Gasteiger partial charge in [0.2, 0.25) is 0 Å². The highest BCUT2D eigenvalue weighted by Crippen LogP contribution is 2.33. The molecule has 2 aromatic heterocycles. The van der Waals surface area contributed by atoms with E-state index < -0.39 is 15.7 Å². The van der Waals surface area contributed by atoms with Gasteiger partial charge in [-0.2, -0.15) is 5.10 Å². The van der Waals surface area contributed by atoms with Gasteiger partial charge in [-0.3, -0.25) is 9.89 Å². The van der Waals surface area contributed by atoms with Gasteiger partial charge < -0.3 is 18.9 Å². The van der Waals surface area contributed by atoms with Gasteiger partial charge in [-0.05, 0) is 25.1 Å². The van der Waals surface area contributed by atoms with Crippen molar-refractivity contribution < 1.29 is 31.6 Å². The third-order valence-electron chi connectivity index (χ3n) is 6.26. The number of carbonyl (C=O) groups excluding carboxylic acids is 1. The summed E-state index contributed by atoms with van der Waals surface area (Å²) in [7, 11) is -1.58. The van der Waals surface area contributed by atoms with Crippen molar-refractivity contribution in [3.8, 4) is 28.5 Å². The standard InChI is InChI=1S/C25H25FN4O6S/c1-15-14-37(32,33)10-7-30(15)25(31)17-5-3-16(4-6-17)20-12-23(36-29-20)24-18-11-19(26)22(35-9-8-34-2)13-21(18)27-28-24/h3-6,11-13,15H,7-10,14H2,1-2H3,(H,27,28). The second kappa shape index (κ2) is 9.94. The highest BCUT2D eigenvalue weighted by Gasteiger charge is 2.31.